The highest BCUT2D eigenvalue weighted by atomic mass is 16.1. The van der Waals surface area contributed by atoms with E-state index in [0.717, 1.165) is 37.1 Å². The molecule has 0 spiro atoms. The number of rotatable bonds is 2. The number of aromatic nitrogens is 2. The van der Waals surface area contributed by atoms with Gasteiger partial charge in [0.15, 0.2) is 5.78 Å². The lowest BCUT2D eigenvalue weighted by atomic mass is 10.1. The number of ketones is 1. The minimum atomic E-state index is 0.253. The first-order chi connectivity index (χ1) is 9.25. The van der Waals surface area contributed by atoms with Crippen molar-refractivity contribution in [3.05, 3.63) is 52.8 Å². The molecule has 0 unspecified atom stereocenters. The molecule has 0 fully saturated rings. The van der Waals surface area contributed by atoms with Crippen LogP contribution >= 0.6 is 0 Å². The Kier molecular flexibility index (Phi) is 3.20. The number of carbonyl (C=O) groups excluding carboxylic acids is 1. The van der Waals surface area contributed by atoms with E-state index < -0.39 is 0 Å². The van der Waals surface area contributed by atoms with E-state index in [2.05, 4.69) is 30.2 Å². The Morgan fingerprint density at radius 2 is 2.00 bits per heavy atom. The predicted octanol–water partition coefficient (Wildman–Crippen LogP) is 3.15. The molecule has 1 heterocycles. The number of nitrogens with zero attached hydrogens (tertiary/aromatic N) is 2. The monoisotopic (exact) mass is 254 g/mol. The third kappa shape index (κ3) is 2.33. The van der Waals surface area contributed by atoms with Gasteiger partial charge in [-0.05, 0) is 37.3 Å². The lowest BCUT2D eigenvalue weighted by Crippen LogP contribution is -2.08. The summed E-state index contributed by atoms with van der Waals surface area (Å²) in [4.78, 5) is 12.0. The fourth-order valence-electron chi connectivity index (χ4n) is 2.71. The molecule has 3 heteroatoms. The lowest BCUT2D eigenvalue weighted by Gasteiger charge is -2.09. The number of aryl methyl sites for hydroxylation is 1. The van der Waals surface area contributed by atoms with Crippen LogP contribution in [0.5, 0.6) is 0 Å². The van der Waals surface area contributed by atoms with Gasteiger partial charge in [-0.25, -0.2) is 0 Å². The van der Waals surface area contributed by atoms with Gasteiger partial charge in [0.25, 0.3) is 0 Å². The van der Waals surface area contributed by atoms with E-state index in [0.29, 0.717) is 6.42 Å². The first kappa shape index (κ1) is 12.2. The molecule has 0 N–H and O–H groups in total. The Morgan fingerprint density at radius 3 is 2.84 bits per heavy atom. The Hall–Kier alpha value is -1.90. The summed E-state index contributed by atoms with van der Waals surface area (Å²) in [7, 11) is 0. The van der Waals surface area contributed by atoms with E-state index >= 15 is 0 Å². The number of carbonyl (C=O) groups is 1. The summed E-state index contributed by atoms with van der Waals surface area (Å²) >= 11 is 0. The van der Waals surface area contributed by atoms with Gasteiger partial charge in [-0.3, -0.25) is 9.48 Å². The van der Waals surface area contributed by atoms with Crippen LogP contribution in [0.15, 0.2) is 30.5 Å². The van der Waals surface area contributed by atoms with Gasteiger partial charge in [0.2, 0.25) is 0 Å². The maximum absolute atomic E-state index is 12.0. The molecule has 98 valence electrons. The van der Waals surface area contributed by atoms with Gasteiger partial charge in [-0.1, -0.05) is 24.3 Å². The van der Waals surface area contributed by atoms with Crippen molar-refractivity contribution in [2.45, 2.75) is 39.2 Å². The summed E-state index contributed by atoms with van der Waals surface area (Å²) in [5, 5.41) is 4.42. The van der Waals surface area contributed by atoms with Crippen molar-refractivity contribution in [1.29, 1.82) is 0 Å². The Bertz CT molecular complexity index is 613. The Labute approximate surface area is 113 Å². The van der Waals surface area contributed by atoms with Crippen molar-refractivity contribution in [3.63, 3.8) is 0 Å². The molecule has 0 amide bonds. The smallest absolute Gasteiger partial charge is 0.166 e. The Balaban J connectivity index is 1.95. The predicted molar refractivity (Wildman–Crippen MR) is 74.4 cm³/mol. The molecule has 3 rings (SSSR count). The summed E-state index contributed by atoms with van der Waals surface area (Å²) in [5.74, 6) is 0.253. The minimum absolute atomic E-state index is 0.253. The number of hydrogen-bond donors (Lipinski definition) is 0. The van der Waals surface area contributed by atoms with Crippen molar-refractivity contribution < 1.29 is 4.79 Å². The number of Topliss-reactive ketones (excluding diaryl/α,β-unsaturated/α-hetero) is 1. The van der Waals surface area contributed by atoms with Gasteiger partial charge in [-0.2, -0.15) is 5.10 Å². The Morgan fingerprint density at radius 1 is 1.21 bits per heavy atom. The first-order valence-corrected chi connectivity index (χ1v) is 6.88. The molecule has 0 aliphatic heterocycles. The van der Waals surface area contributed by atoms with Gasteiger partial charge >= 0.3 is 0 Å². The summed E-state index contributed by atoms with van der Waals surface area (Å²) in [6.07, 6.45) is 5.47. The summed E-state index contributed by atoms with van der Waals surface area (Å²) in [6.45, 7) is 2.87. The maximum Gasteiger partial charge on any atom is 0.166 e. The zero-order chi connectivity index (χ0) is 13.2. The van der Waals surface area contributed by atoms with E-state index in [4.69, 9.17) is 0 Å². The largest absolute Gasteiger partial charge is 0.294 e. The molecular weight excluding hydrogens is 236 g/mol. The molecule has 1 aromatic heterocycles. The topological polar surface area (TPSA) is 34.9 Å². The lowest BCUT2D eigenvalue weighted by molar-refractivity contribution is 0.0982. The molecule has 2 aromatic rings. The highest BCUT2D eigenvalue weighted by Crippen LogP contribution is 2.21. The number of benzene rings is 1. The normalized spacial score (nSPS) is 15.1. The van der Waals surface area contributed by atoms with Gasteiger partial charge in [0.1, 0.15) is 0 Å². The van der Waals surface area contributed by atoms with Crippen LogP contribution in [-0.4, -0.2) is 15.6 Å². The van der Waals surface area contributed by atoms with E-state index in [1.54, 1.807) is 6.20 Å². The molecular formula is C16H18N2O. The standard InChI is InChI=1S/C16H18N2O/c1-12-6-2-3-7-13(12)11-18-15-8-4-5-9-16(19)14(15)10-17-18/h2-3,6-7,10H,4-5,8-9,11H2,1H3. The van der Waals surface area contributed by atoms with Gasteiger partial charge < -0.3 is 0 Å². The van der Waals surface area contributed by atoms with Crippen LogP contribution in [-0.2, 0) is 13.0 Å². The van der Waals surface area contributed by atoms with Crippen molar-refractivity contribution in [3.8, 4) is 0 Å². The quantitative estimate of drug-likeness (QED) is 0.772. The van der Waals surface area contributed by atoms with E-state index in [1.165, 1.54) is 11.1 Å². The molecule has 0 atom stereocenters. The van der Waals surface area contributed by atoms with Crippen LogP contribution in [0.4, 0.5) is 0 Å². The maximum atomic E-state index is 12.0. The number of fused-ring (bicyclic) bond motifs is 1. The minimum Gasteiger partial charge on any atom is -0.294 e. The summed E-state index contributed by atoms with van der Waals surface area (Å²) in [5.41, 5.74) is 4.49. The molecule has 3 nitrogen and oxygen atoms in total. The van der Waals surface area contributed by atoms with Crippen molar-refractivity contribution in [2.24, 2.45) is 0 Å². The summed E-state index contributed by atoms with van der Waals surface area (Å²) < 4.78 is 2.00. The van der Waals surface area contributed by atoms with E-state index in [-0.39, 0.29) is 5.78 Å². The van der Waals surface area contributed by atoms with E-state index in [1.807, 2.05) is 10.7 Å². The van der Waals surface area contributed by atoms with Crippen molar-refractivity contribution in [2.75, 3.05) is 0 Å². The van der Waals surface area contributed by atoms with Crippen LogP contribution in [0.25, 0.3) is 0 Å². The average Bonchev–Trinajstić information content (AvgIpc) is 2.71. The highest BCUT2D eigenvalue weighted by molar-refractivity contribution is 5.97. The van der Waals surface area contributed by atoms with Crippen LogP contribution in [0.3, 0.4) is 0 Å². The second-order valence-electron chi connectivity index (χ2n) is 5.22. The highest BCUT2D eigenvalue weighted by Gasteiger charge is 2.20. The van der Waals surface area contributed by atoms with Crippen molar-refractivity contribution in [1.82, 2.24) is 9.78 Å². The molecule has 0 bridgehead atoms. The zero-order valence-electron chi connectivity index (χ0n) is 11.2. The van der Waals surface area contributed by atoms with Crippen LogP contribution in [0.1, 0.15) is 46.4 Å². The molecule has 0 saturated carbocycles. The second-order valence-corrected chi connectivity index (χ2v) is 5.22. The van der Waals surface area contributed by atoms with Crippen LogP contribution in [0.2, 0.25) is 0 Å². The molecule has 19 heavy (non-hydrogen) atoms. The zero-order valence-corrected chi connectivity index (χ0v) is 11.2. The van der Waals surface area contributed by atoms with Crippen molar-refractivity contribution >= 4 is 5.78 Å². The fourth-order valence-corrected chi connectivity index (χ4v) is 2.71. The third-order valence-electron chi connectivity index (χ3n) is 3.90. The van der Waals surface area contributed by atoms with Crippen LogP contribution in [0, 0.1) is 6.92 Å². The number of hydrogen-bond acceptors (Lipinski definition) is 2. The second kappa shape index (κ2) is 5.00. The third-order valence-corrected chi connectivity index (χ3v) is 3.90. The molecule has 0 radical (unpaired) electrons. The average molecular weight is 254 g/mol. The van der Waals surface area contributed by atoms with E-state index in [9.17, 15) is 4.79 Å². The van der Waals surface area contributed by atoms with Crippen LogP contribution < -0.4 is 0 Å². The molecule has 1 aliphatic carbocycles. The van der Waals surface area contributed by atoms with Gasteiger partial charge in [0, 0.05) is 12.1 Å². The SMILES string of the molecule is Cc1ccccc1Cn1ncc2c1CCCCC2=O. The molecule has 1 aliphatic rings. The molecule has 1 aromatic carbocycles. The fraction of sp³-hybridized carbons (Fsp3) is 0.375. The first-order valence-electron chi connectivity index (χ1n) is 6.88. The van der Waals surface area contributed by atoms with Gasteiger partial charge in [0.05, 0.1) is 18.3 Å². The summed E-state index contributed by atoms with van der Waals surface area (Å²) in [6, 6.07) is 8.34. The molecule has 0 saturated heterocycles. The van der Waals surface area contributed by atoms with Gasteiger partial charge in [-0.15, -0.1) is 0 Å².